The van der Waals surface area contributed by atoms with Gasteiger partial charge in [-0.1, -0.05) is 31.8 Å². The summed E-state index contributed by atoms with van der Waals surface area (Å²) in [5.74, 6) is 0. The standard InChI is InChI=1S/C16H32O2/c1-4-5-6-7-8-9-10-11-13-17-14-12-15-18-16(2)3/h4,16H,1,5-15H2,2-3H3. The number of unbranched alkanes of at least 4 members (excludes halogenated alkanes) is 6. The van der Waals surface area contributed by atoms with Gasteiger partial charge in [0.2, 0.25) is 0 Å². The van der Waals surface area contributed by atoms with Crippen LogP contribution in [0.15, 0.2) is 12.7 Å². The molecule has 2 heteroatoms. The third-order valence-electron chi connectivity index (χ3n) is 2.83. The molecule has 0 spiro atoms. The second-order valence-corrected chi connectivity index (χ2v) is 5.08. The van der Waals surface area contributed by atoms with Crippen molar-refractivity contribution in [2.24, 2.45) is 0 Å². The van der Waals surface area contributed by atoms with Crippen molar-refractivity contribution in [3.8, 4) is 0 Å². The molecule has 0 aliphatic heterocycles. The maximum Gasteiger partial charge on any atom is 0.0518 e. The molecule has 0 radical (unpaired) electrons. The highest BCUT2D eigenvalue weighted by atomic mass is 16.5. The molecule has 0 rings (SSSR count). The van der Waals surface area contributed by atoms with E-state index in [4.69, 9.17) is 9.47 Å². The van der Waals surface area contributed by atoms with Crippen molar-refractivity contribution in [3.63, 3.8) is 0 Å². The Morgan fingerprint density at radius 3 is 2.11 bits per heavy atom. The highest BCUT2D eigenvalue weighted by Gasteiger charge is 1.94. The van der Waals surface area contributed by atoms with E-state index in [1.165, 1.54) is 44.9 Å². The summed E-state index contributed by atoms with van der Waals surface area (Å²) in [4.78, 5) is 0. The fourth-order valence-electron chi connectivity index (χ4n) is 1.78. The Morgan fingerprint density at radius 2 is 1.44 bits per heavy atom. The van der Waals surface area contributed by atoms with Crippen molar-refractivity contribution in [2.45, 2.75) is 71.3 Å². The van der Waals surface area contributed by atoms with E-state index >= 15 is 0 Å². The van der Waals surface area contributed by atoms with Crippen LogP contribution in [0.1, 0.15) is 65.2 Å². The molecule has 0 bridgehead atoms. The first-order chi connectivity index (χ1) is 8.77. The highest BCUT2D eigenvalue weighted by molar-refractivity contribution is 4.65. The van der Waals surface area contributed by atoms with Gasteiger partial charge >= 0.3 is 0 Å². The summed E-state index contributed by atoms with van der Waals surface area (Å²) in [6.07, 6.45) is 12.4. The van der Waals surface area contributed by atoms with Crippen LogP contribution in [-0.4, -0.2) is 25.9 Å². The monoisotopic (exact) mass is 256 g/mol. The molecule has 0 heterocycles. The molecule has 0 saturated carbocycles. The maximum atomic E-state index is 5.57. The highest BCUT2D eigenvalue weighted by Crippen LogP contribution is 2.07. The minimum Gasteiger partial charge on any atom is -0.381 e. The smallest absolute Gasteiger partial charge is 0.0518 e. The van der Waals surface area contributed by atoms with Crippen molar-refractivity contribution in [3.05, 3.63) is 12.7 Å². The number of allylic oxidation sites excluding steroid dienone is 1. The van der Waals surface area contributed by atoms with Crippen molar-refractivity contribution >= 4 is 0 Å². The zero-order valence-electron chi connectivity index (χ0n) is 12.5. The van der Waals surface area contributed by atoms with Crippen LogP contribution < -0.4 is 0 Å². The predicted molar refractivity (Wildman–Crippen MR) is 79.0 cm³/mol. The zero-order valence-corrected chi connectivity index (χ0v) is 12.5. The molecular formula is C16H32O2. The number of ether oxygens (including phenoxy) is 2. The Kier molecular flexibility index (Phi) is 14.4. The largest absolute Gasteiger partial charge is 0.381 e. The quantitative estimate of drug-likeness (QED) is 0.330. The van der Waals surface area contributed by atoms with Crippen LogP contribution in [0.5, 0.6) is 0 Å². The summed E-state index contributed by atoms with van der Waals surface area (Å²) in [6, 6.07) is 0. The molecule has 0 aromatic rings. The molecule has 0 aromatic heterocycles. The normalized spacial score (nSPS) is 11.1. The van der Waals surface area contributed by atoms with E-state index in [2.05, 4.69) is 20.4 Å². The molecular weight excluding hydrogens is 224 g/mol. The van der Waals surface area contributed by atoms with Gasteiger partial charge in [0.15, 0.2) is 0 Å². The van der Waals surface area contributed by atoms with Gasteiger partial charge in [-0.2, -0.15) is 0 Å². The Bertz CT molecular complexity index is 166. The molecule has 0 unspecified atom stereocenters. The van der Waals surface area contributed by atoms with Crippen LogP contribution in [0.3, 0.4) is 0 Å². The topological polar surface area (TPSA) is 18.5 Å². The molecule has 0 N–H and O–H groups in total. The summed E-state index contributed by atoms with van der Waals surface area (Å²) in [5, 5.41) is 0. The lowest BCUT2D eigenvalue weighted by molar-refractivity contribution is 0.0507. The van der Waals surface area contributed by atoms with E-state index in [9.17, 15) is 0 Å². The molecule has 0 fully saturated rings. The third kappa shape index (κ3) is 15.7. The van der Waals surface area contributed by atoms with Gasteiger partial charge in [0.1, 0.15) is 0 Å². The summed E-state index contributed by atoms with van der Waals surface area (Å²) >= 11 is 0. The predicted octanol–water partition coefficient (Wildman–Crippen LogP) is 4.73. The van der Waals surface area contributed by atoms with Crippen LogP contribution in [0, 0.1) is 0 Å². The molecule has 0 aromatic carbocycles. The number of hydrogen-bond acceptors (Lipinski definition) is 2. The summed E-state index contributed by atoms with van der Waals surface area (Å²) in [5.41, 5.74) is 0. The molecule has 0 atom stereocenters. The Morgan fingerprint density at radius 1 is 0.833 bits per heavy atom. The average Bonchev–Trinajstić information content (AvgIpc) is 2.34. The van der Waals surface area contributed by atoms with Crippen molar-refractivity contribution in [2.75, 3.05) is 19.8 Å². The van der Waals surface area contributed by atoms with Gasteiger partial charge in [-0.15, -0.1) is 6.58 Å². The molecule has 18 heavy (non-hydrogen) atoms. The number of rotatable bonds is 14. The molecule has 2 nitrogen and oxygen atoms in total. The summed E-state index contributed by atoms with van der Waals surface area (Å²) in [7, 11) is 0. The third-order valence-corrected chi connectivity index (χ3v) is 2.83. The Labute approximate surface area is 114 Å². The van der Waals surface area contributed by atoms with E-state index < -0.39 is 0 Å². The SMILES string of the molecule is C=CCCCCCCCCOCCCOC(C)C. The minimum absolute atomic E-state index is 0.339. The van der Waals surface area contributed by atoms with E-state index in [1.807, 2.05) is 6.08 Å². The van der Waals surface area contributed by atoms with E-state index in [-0.39, 0.29) is 0 Å². The Hall–Kier alpha value is -0.340. The van der Waals surface area contributed by atoms with Crippen LogP contribution in [0.2, 0.25) is 0 Å². The maximum absolute atomic E-state index is 5.57. The second kappa shape index (κ2) is 14.7. The first-order valence-corrected chi connectivity index (χ1v) is 7.57. The van der Waals surface area contributed by atoms with Crippen LogP contribution in [0.25, 0.3) is 0 Å². The van der Waals surface area contributed by atoms with Crippen LogP contribution >= 0.6 is 0 Å². The molecule has 0 aliphatic rings. The zero-order chi connectivity index (χ0) is 13.5. The van der Waals surface area contributed by atoms with E-state index in [0.717, 1.165) is 26.2 Å². The fourth-order valence-corrected chi connectivity index (χ4v) is 1.78. The van der Waals surface area contributed by atoms with Crippen molar-refractivity contribution < 1.29 is 9.47 Å². The van der Waals surface area contributed by atoms with Crippen LogP contribution in [0.4, 0.5) is 0 Å². The van der Waals surface area contributed by atoms with Crippen molar-refractivity contribution in [1.82, 2.24) is 0 Å². The van der Waals surface area contributed by atoms with Gasteiger partial charge in [0.25, 0.3) is 0 Å². The summed E-state index contributed by atoms with van der Waals surface area (Å²) in [6.45, 7) is 10.4. The van der Waals surface area contributed by atoms with Gasteiger partial charge in [-0.25, -0.2) is 0 Å². The van der Waals surface area contributed by atoms with E-state index in [1.54, 1.807) is 0 Å². The molecule has 108 valence electrons. The van der Waals surface area contributed by atoms with Gasteiger partial charge < -0.3 is 9.47 Å². The molecule has 0 aliphatic carbocycles. The van der Waals surface area contributed by atoms with E-state index in [0.29, 0.717) is 6.10 Å². The second-order valence-electron chi connectivity index (χ2n) is 5.08. The minimum atomic E-state index is 0.339. The molecule has 0 saturated heterocycles. The fraction of sp³-hybridized carbons (Fsp3) is 0.875. The van der Waals surface area contributed by atoms with Gasteiger partial charge in [-0.05, 0) is 39.5 Å². The lowest BCUT2D eigenvalue weighted by atomic mass is 10.1. The number of hydrogen-bond donors (Lipinski definition) is 0. The lowest BCUT2D eigenvalue weighted by Gasteiger charge is -2.07. The van der Waals surface area contributed by atoms with Gasteiger partial charge in [0, 0.05) is 19.8 Å². The van der Waals surface area contributed by atoms with Gasteiger partial charge in [-0.3, -0.25) is 0 Å². The summed E-state index contributed by atoms with van der Waals surface area (Å²) < 4.78 is 11.0. The molecule has 0 amide bonds. The first-order valence-electron chi connectivity index (χ1n) is 7.57. The first kappa shape index (κ1) is 17.7. The Balaban J connectivity index is 2.92. The van der Waals surface area contributed by atoms with Gasteiger partial charge in [0.05, 0.1) is 6.10 Å². The lowest BCUT2D eigenvalue weighted by Crippen LogP contribution is -2.07. The average molecular weight is 256 g/mol. The van der Waals surface area contributed by atoms with Crippen LogP contribution in [-0.2, 0) is 9.47 Å². The van der Waals surface area contributed by atoms with Crippen molar-refractivity contribution in [1.29, 1.82) is 0 Å².